The second-order valence-electron chi connectivity index (χ2n) is 6.78. The van der Waals surface area contributed by atoms with Crippen molar-refractivity contribution in [2.24, 2.45) is 5.10 Å². The number of amides is 1. The average Bonchev–Trinajstić information content (AvgIpc) is 3.16. The molecule has 1 N–H and O–H groups in total. The summed E-state index contributed by atoms with van der Waals surface area (Å²) in [6.45, 7) is 0. The van der Waals surface area contributed by atoms with Gasteiger partial charge in [-0.15, -0.1) is 11.3 Å². The molecule has 0 atom stereocenters. The Morgan fingerprint density at radius 1 is 1.06 bits per heavy atom. The fraction of sp³-hybridized carbons (Fsp3) is 0.0417. The van der Waals surface area contributed by atoms with Crippen LogP contribution in [0.2, 0.25) is 5.02 Å². The summed E-state index contributed by atoms with van der Waals surface area (Å²) < 4.78 is 12.3. The first-order valence-corrected chi connectivity index (χ1v) is 11.6. The van der Waals surface area contributed by atoms with E-state index in [4.69, 9.17) is 21.1 Å². The highest BCUT2D eigenvalue weighted by Gasteiger charge is 2.19. The summed E-state index contributed by atoms with van der Waals surface area (Å²) in [4.78, 5) is 25.1. The molecule has 0 saturated heterocycles. The van der Waals surface area contributed by atoms with Crippen molar-refractivity contribution in [2.75, 3.05) is 7.11 Å². The Bertz CT molecular complexity index is 1370. The van der Waals surface area contributed by atoms with Gasteiger partial charge in [0, 0.05) is 20.1 Å². The number of hydrogen-bond acceptors (Lipinski definition) is 6. The van der Waals surface area contributed by atoms with Gasteiger partial charge in [0.05, 0.1) is 18.3 Å². The first-order chi connectivity index (χ1) is 15.9. The van der Waals surface area contributed by atoms with E-state index in [-0.39, 0.29) is 5.91 Å². The molecule has 0 unspecified atom stereocenters. The van der Waals surface area contributed by atoms with Crippen molar-refractivity contribution in [2.45, 2.75) is 0 Å². The minimum absolute atomic E-state index is 0.320. The summed E-state index contributed by atoms with van der Waals surface area (Å²) in [5.41, 5.74) is 3.68. The summed E-state index contributed by atoms with van der Waals surface area (Å²) >= 11 is 11.0. The van der Waals surface area contributed by atoms with Crippen LogP contribution in [0.1, 0.15) is 25.6 Å². The zero-order chi connectivity index (χ0) is 23.4. The van der Waals surface area contributed by atoms with Crippen LogP contribution in [0.15, 0.2) is 76.3 Å². The van der Waals surface area contributed by atoms with Crippen LogP contribution in [0, 0.1) is 0 Å². The highest BCUT2D eigenvalue weighted by molar-refractivity contribution is 9.10. The van der Waals surface area contributed by atoms with Crippen molar-refractivity contribution < 1.29 is 19.1 Å². The Hall–Kier alpha value is -3.20. The maximum Gasteiger partial charge on any atom is 0.355 e. The van der Waals surface area contributed by atoms with Crippen molar-refractivity contribution >= 4 is 67.0 Å². The molecular formula is C24H16BrClN2O4S. The molecule has 0 aliphatic rings. The Labute approximate surface area is 206 Å². The van der Waals surface area contributed by atoms with Crippen LogP contribution < -0.4 is 14.9 Å². The number of nitrogens with zero attached hydrogens (tertiary/aromatic N) is 1. The lowest BCUT2D eigenvalue weighted by Crippen LogP contribution is -2.17. The monoisotopic (exact) mass is 542 g/mol. The molecule has 9 heteroatoms. The van der Waals surface area contributed by atoms with Crippen LogP contribution >= 0.6 is 38.9 Å². The molecule has 166 valence electrons. The third-order valence-corrected chi connectivity index (χ3v) is 6.71. The molecule has 1 heterocycles. The molecule has 0 fully saturated rings. The molecule has 1 amide bonds. The molecule has 1 aromatic heterocycles. The van der Waals surface area contributed by atoms with Gasteiger partial charge < -0.3 is 9.47 Å². The highest BCUT2D eigenvalue weighted by Crippen LogP contribution is 2.37. The molecule has 0 aliphatic heterocycles. The summed E-state index contributed by atoms with van der Waals surface area (Å²) in [6, 6.07) is 19.1. The molecule has 0 spiro atoms. The number of hydrogen-bond donors (Lipinski definition) is 1. The predicted octanol–water partition coefficient (Wildman–Crippen LogP) is 6.31. The van der Waals surface area contributed by atoms with E-state index in [2.05, 4.69) is 26.5 Å². The maximum absolute atomic E-state index is 12.6. The van der Waals surface area contributed by atoms with Crippen LogP contribution in [0.4, 0.5) is 0 Å². The van der Waals surface area contributed by atoms with Gasteiger partial charge in [0.25, 0.3) is 5.91 Å². The Morgan fingerprint density at radius 3 is 2.55 bits per heavy atom. The van der Waals surface area contributed by atoms with Crippen molar-refractivity contribution in [3.8, 4) is 11.5 Å². The fourth-order valence-electron chi connectivity index (χ4n) is 2.94. The molecule has 4 rings (SSSR count). The summed E-state index contributed by atoms with van der Waals surface area (Å²) in [6.07, 6.45) is 1.50. The standard InChI is InChI=1S/C24H16BrClN2O4S/c1-31-18-9-10-19-20(12-18)33-22(21(19)26)24(30)32-17-7-5-14(6-8-17)13-27-28-23(29)15-3-2-4-16(25)11-15/h2-13H,1H3,(H,28,29)/b27-13-. The molecule has 4 aromatic rings. The van der Waals surface area contributed by atoms with Gasteiger partial charge in [-0.2, -0.15) is 5.10 Å². The van der Waals surface area contributed by atoms with Gasteiger partial charge in [0.15, 0.2) is 0 Å². The quantitative estimate of drug-likeness (QED) is 0.134. The largest absolute Gasteiger partial charge is 0.497 e. The van der Waals surface area contributed by atoms with Gasteiger partial charge in [0.1, 0.15) is 16.4 Å². The number of esters is 1. The number of methoxy groups -OCH3 is 1. The molecule has 0 radical (unpaired) electrons. The second kappa shape index (κ2) is 10.2. The third kappa shape index (κ3) is 5.42. The van der Waals surface area contributed by atoms with E-state index >= 15 is 0 Å². The smallest absolute Gasteiger partial charge is 0.355 e. The second-order valence-corrected chi connectivity index (χ2v) is 9.12. The SMILES string of the molecule is COc1ccc2c(Cl)c(C(=O)Oc3ccc(/C=N\NC(=O)c4cccc(Br)c4)cc3)sc2c1. The number of thiophene rings is 1. The normalized spacial score (nSPS) is 11.0. The number of fused-ring (bicyclic) bond motifs is 1. The van der Waals surface area contributed by atoms with Gasteiger partial charge >= 0.3 is 5.97 Å². The first-order valence-electron chi connectivity index (χ1n) is 9.62. The number of hydrazone groups is 1. The first kappa shape index (κ1) is 23.0. The molecule has 33 heavy (non-hydrogen) atoms. The zero-order valence-electron chi connectivity index (χ0n) is 17.2. The Kier molecular flexibility index (Phi) is 7.08. The van der Waals surface area contributed by atoms with Gasteiger partial charge in [-0.05, 0) is 66.2 Å². The predicted molar refractivity (Wildman–Crippen MR) is 134 cm³/mol. The van der Waals surface area contributed by atoms with Gasteiger partial charge in [-0.1, -0.05) is 33.6 Å². The molecule has 0 saturated carbocycles. The van der Waals surface area contributed by atoms with Crippen molar-refractivity contribution in [3.05, 3.63) is 92.2 Å². The molecule has 0 aliphatic carbocycles. The number of halogens is 2. The topological polar surface area (TPSA) is 77.0 Å². The van der Waals surface area contributed by atoms with Crippen molar-refractivity contribution in [3.63, 3.8) is 0 Å². The molecule has 6 nitrogen and oxygen atoms in total. The van der Waals surface area contributed by atoms with Crippen molar-refractivity contribution in [1.82, 2.24) is 5.43 Å². The molecule has 3 aromatic carbocycles. The van der Waals surface area contributed by atoms with Crippen LogP contribution in [0.5, 0.6) is 11.5 Å². The zero-order valence-corrected chi connectivity index (χ0v) is 20.3. The number of rotatable bonds is 6. The molecule has 0 bridgehead atoms. The van der Waals surface area contributed by atoms with Crippen LogP contribution in [-0.2, 0) is 0 Å². The van der Waals surface area contributed by atoms with Crippen LogP contribution in [-0.4, -0.2) is 25.2 Å². The number of nitrogens with one attached hydrogen (secondary N) is 1. The number of benzene rings is 3. The average molecular weight is 544 g/mol. The van der Waals surface area contributed by atoms with Crippen LogP contribution in [0.3, 0.4) is 0 Å². The highest BCUT2D eigenvalue weighted by atomic mass is 79.9. The minimum Gasteiger partial charge on any atom is -0.497 e. The summed E-state index contributed by atoms with van der Waals surface area (Å²) in [7, 11) is 1.58. The van der Waals surface area contributed by atoms with Gasteiger partial charge in [-0.3, -0.25) is 4.79 Å². The Balaban J connectivity index is 1.40. The van der Waals surface area contributed by atoms with Crippen molar-refractivity contribution in [1.29, 1.82) is 0 Å². The van der Waals surface area contributed by atoms with E-state index < -0.39 is 5.97 Å². The van der Waals surface area contributed by atoms with E-state index in [0.29, 0.717) is 27.0 Å². The number of ether oxygens (including phenoxy) is 2. The van der Waals surface area contributed by atoms with E-state index in [1.807, 2.05) is 18.2 Å². The lowest BCUT2D eigenvalue weighted by molar-refractivity contribution is 0.0739. The lowest BCUT2D eigenvalue weighted by atomic mass is 10.2. The van der Waals surface area contributed by atoms with E-state index in [1.165, 1.54) is 17.6 Å². The Morgan fingerprint density at radius 2 is 1.82 bits per heavy atom. The minimum atomic E-state index is -0.539. The van der Waals surface area contributed by atoms with Crippen LogP contribution in [0.25, 0.3) is 10.1 Å². The molecular weight excluding hydrogens is 528 g/mol. The third-order valence-electron chi connectivity index (χ3n) is 4.58. The van der Waals surface area contributed by atoms with E-state index in [1.54, 1.807) is 55.6 Å². The maximum atomic E-state index is 12.6. The summed E-state index contributed by atoms with van der Waals surface area (Å²) in [5, 5.41) is 5.09. The van der Waals surface area contributed by atoms with E-state index in [9.17, 15) is 9.59 Å². The van der Waals surface area contributed by atoms with E-state index in [0.717, 1.165) is 20.1 Å². The number of carbonyl (C=O) groups is 2. The van der Waals surface area contributed by atoms with Gasteiger partial charge in [0.2, 0.25) is 0 Å². The number of carbonyl (C=O) groups excluding carboxylic acids is 2. The fourth-order valence-corrected chi connectivity index (χ4v) is 4.75. The lowest BCUT2D eigenvalue weighted by Gasteiger charge is -2.04. The van der Waals surface area contributed by atoms with Gasteiger partial charge in [-0.25, -0.2) is 10.2 Å². The summed E-state index contributed by atoms with van der Waals surface area (Å²) in [5.74, 6) is 0.186.